The van der Waals surface area contributed by atoms with E-state index in [0.29, 0.717) is 40.6 Å². The van der Waals surface area contributed by atoms with Crippen LogP contribution in [-0.2, 0) is 6.42 Å². The Hall–Kier alpha value is -1.87. The highest BCUT2D eigenvalue weighted by Crippen LogP contribution is 2.47. The smallest absolute Gasteiger partial charge is 0.251 e. The normalized spacial score (nSPS) is 25.0. The highest BCUT2D eigenvalue weighted by Gasteiger charge is 2.47. The summed E-state index contributed by atoms with van der Waals surface area (Å²) in [7, 11) is 0. The number of fused-ring (bicyclic) bond motifs is 1. The number of thiophene rings is 1. The van der Waals surface area contributed by atoms with Gasteiger partial charge in [0.2, 0.25) is 0 Å². The van der Waals surface area contributed by atoms with Crippen molar-refractivity contribution in [2.24, 2.45) is 17.1 Å². The van der Waals surface area contributed by atoms with Gasteiger partial charge in [-0.2, -0.15) is 5.26 Å². The predicted molar refractivity (Wildman–Crippen MR) is 84.5 cm³/mol. The maximum absolute atomic E-state index is 12.9. The van der Waals surface area contributed by atoms with Crippen LogP contribution in [0.3, 0.4) is 0 Å². The number of rotatable bonds is 3. The number of carbonyl (C=O) groups excluding carboxylic acids is 2. The van der Waals surface area contributed by atoms with Gasteiger partial charge in [-0.3, -0.25) is 9.59 Å². The summed E-state index contributed by atoms with van der Waals surface area (Å²) < 4.78 is 0. The van der Waals surface area contributed by atoms with Crippen LogP contribution in [0.25, 0.3) is 0 Å². The van der Waals surface area contributed by atoms with Crippen molar-refractivity contribution in [3.05, 3.63) is 16.0 Å². The van der Waals surface area contributed by atoms with Crippen LogP contribution in [0.1, 0.15) is 64.1 Å². The molecule has 2 aliphatic carbocycles. The minimum Gasteiger partial charge on any atom is -0.390 e. The molecule has 4 N–H and O–H groups in total. The van der Waals surface area contributed by atoms with Crippen LogP contribution in [0, 0.1) is 22.7 Å². The number of nitrogens with two attached hydrogens (primary N) is 2. The number of hydrogen-bond acceptors (Lipinski definition) is 5. The molecule has 116 valence electrons. The second kappa shape index (κ2) is 5.40. The molecule has 0 saturated heterocycles. The lowest BCUT2D eigenvalue weighted by atomic mass is 9.68. The van der Waals surface area contributed by atoms with Crippen molar-refractivity contribution < 1.29 is 9.59 Å². The Labute approximate surface area is 133 Å². The molecule has 2 aliphatic rings. The topological polar surface area (TPSA) is 110 Å². The van der Waals surface area contributed by atoms with Gasteiger partial charge in [0, 0.05) is 0 Å². The van der Waals surface area contributed by atoms with Crippen molar-refractivity contribution >= 4 is 28.0 Å². The van der Waals surface area contributed by atoms with Crippen LogP contribution in [0.5, 0.6) is 0 Å². The van der Waals surface area contributed by atoms with E-state index in [2.05, 4.69) is 6.07 Å². The molecule has 1 aromatic heterocycles. The van der Waals surface area contributed by atoms with Crippen molar-refractivity contribution in [3.63, 3.8) is 0 Å². The summed E-state index contributed by atoms with van der Waals surface area (Å²) in [5.41, 5.74) is 11.2. The first kappa shape index (κ1) is 15.0. The van der Waals surface area contributed by atoms with E-state index in [9.17, 15) is 14.9 Å². The standard InChI is InChI=1S/C16H19N3O2S/c17-8-16(7-9-3-1-2-4-9)6-5-10-11(14(18)21)15(19)22-12(10)13(16)20/h9H,1-7,19H2,(H2,18,21). The van der Waals surface area contributed by atoms with Gasteiger partial charge in [0.1, 0.15) is 5.41 Å². The number of Topliss-reactive ketones (excluding diaryl/α,β-unsaturated/α-hetero) is 1. The highest BCUT2D eigenvalue weighted by molar-refractivity contribution is 7.18. The summed E-state index contributed by atoms with van der Waals surface area (Å²) in [6.07, 6.45) is 6.18. The summed E-state index contributed by atoms with van der Waals surface area (Å²) in [5, 5.41) is 9.99. The van der Waals surface area contributed by atoms with E-state index in [0.717, 1.165) is 24.2 Å². The van der Waals surface area contributed by atoms with Gasteiger partial charge >= 0.3 is 0 Å². The zero-order valence-corrected chi connectivity index (χ0v) is 13.2. The third-order valence-electron chi connectivity index (χ3n) is 5.05. The number of nitrogens with zero attached hydrogens (tertiary/aromatic N) is 1. The van der Waals surface area contributed by atoms with E-state index in [1.54, 1.807) is 0 Å². The van der Waals surface area contributed by atoms with Gasteiger partial charge in [-0.25, -0.2) is 0 Å². The van der Waals surface area contributed by atoms with E-state index < -0.39 is 11.3 Å². The van der Waals surface area contributed by atoms with Gasteiger partial charge in [-0.15, -0.1) is 11.3 Å². The predicted octanol–water partition coefficient (Wildman–Crippen LogP) is 2.65. The van der Waals surface area contributed by atoms with E-state index >= 15 is 0 Å². The second-order valence-electron chi connectivity index (χ2n) is 6.39. The Morgan fingerprint density at radius 2 is 2.09 bits per heavy atom. The summed E-state index contributed by atoms with van der Waals surface area (Å²) >= 11 is 1.11. The molecule has 0 bridgehead atoms. The van der Waals surface area contributed by atoms with Gasteiger partial charge in [-0.05, 0) is 30.7 Å². The van der Waals surface area contributed by atoms with E-state index in [-0.39, 0.29) is 11.3 Å². The lowest BCUT2D eigenvalue weighted by Gasteiger charge is -2.31. The number of nitrogen functional groups attached to an aromatic ring is 1. The summed E-state index contributed by atoms with van der Waals surface area (Å²) in [6, 6.07) is 2.29. The monoisotopic (exact) mass is 317 g/mol. The fourth-order valence-electron chi connectivity index (χ4n) is 3.90. The first-order valence-electron chi connectivity index (χ1n) is 7.65. The third-order valence-corrected chi connectivity index (χ3v) is 6.11. The van der Waals surface area contributed by atoms with E-state index in [1.165, 1.54) is 12.8 Å². The average molecular weight is 317 g/mol. The van der Waals surface area contributed by atoms with E-state index in [1.807, 2.05) is 0 Å². The van der Waals surface area contributed by atoms with Crippen molar-refractivity contribution in [2.45, 2.75) is 44.9 Å². The van der Waals surface area contributed by atoms with Gasteiger partial charge in [0.15, 0.2) is 5.78 Å². The Kier molecular flexibility index (Phi) is 3.69. The first-order chi connectivity index (χ1) is 10.5. The molecule has 1 fully saturated rings. The molecule has 0 spiro atoms. The Bertz CT molecular complexity index is 682. The first-order valence-corrected chi connectivity index (χ1v) is 8.47. The molecule has 3 rings (SSSR count). The molecule has 5 nitrogen and oxygen atoms in total. The van der Waals surface area contributed by atoms with Crippen LogP contribution in [0.15, 0.2) is 0 Å². The molecule has 0 aromatic carbocycles. The molecular formula is C16H19N3O2S. The third kappa shape index (κ3) is 2.20. The number of amides is 1. The van der Waals surface area contributed by atoms with Gasteiger partial charge in [-0.1, -0.05) is 25.7 Å². The van der Waals surface area contributed by atoms with Crippen LogP contribution < -0.4 is 11.5 Å². The molecule has 0 radical (unpaired) electrons. The number of primary amides is 1. The molecule has 6 heteroatoms. The molecule has 1 saturated carbocycles. The zero-order valence-electron chi connectivity index (χ0n) is 12.4. The number of ketones is 1. The highest BCUT2D eigenvalue weighted by atomic mass is 32.1. The van der Waals surface area contributed by atoms with E-state index in [4.69, 9.17) is 11.5 Å². The molecule has 22 heavy (non-hydrogen) atoms. The quantitative estimate of drug-likeness (QED) is 0.892. The Morgan fingerprint density at radius 1 is 1.41 bits per heavy atom. The van der Waals surface area contributed by atoms with Crippen LogP contribution >= 0.6 is 11.3 Å². The second-order valence-corrected chi connectivity index (χ2v) is 7.44. The molecule has 1 heterocycles. The zero-order chi connectivity index (χ0) is 15.9. The Morgan fingerprint density at radius 3 is 2.68 bits per heavy atom. The summed E-state index contributed by atoms with van der Waals surface area (Å²) in [4.78, 5) is 24.9. The molecule has 1 atom stereocenters. The summed E-state index contributed by atoms with van der Waals surface area (Å²) in [5.74, 6) is -0.298. The fourth-order valence-corrected chi connectivity index (χ4v) is 5.06. The molecule has 0 aliphatic heterocycles. The SMILES string of the molecule is N#CC1(CC2CCCC2)CCc2c(sc(N)c2C(N)=O)C1=O. The fraction of sp³-hybridized carbons (Fsp3) is 0.562. The lowest BCUT2D eigenvalue weighted by molar-refractivity contribution is 0.0804. The van der Waals surface area contributed by atoms with Crippen molar-refractivity contribution in [2.75, 3.05) is 5.73 Å². The summed E-state index contributed by atoms with van der Waals surface area (Å²) in [6.45, 7) is 0. The maximum atomic E-state index is 12.9. The number of anilines is 1. The number of carbonyl (C=O) groups is 2. The van der Waals surface area contributed by atoms with Crippen LogP contribution in [0.4, 0.5) is 5.00 Å². The Balaban J connectivity index is 1.98. The maximum Gasteiger partial charge on any atom is 0.251 e. The number of nitriles is 1. The van der Waals surface area contributed by atoms with Crippen molar-refractivity contribution in [1.29, 1.82) is 5.26 Å². The lowest BCUT2D eigenvalue weighted by Crippen LogP contribution is -2.36. The average Bonchev–Trinajstić information content (AvgIpc) is 3.09. The number of hydrogen-bond donors (Lipinski definition) is 2. The minimum atomic E-state index is -0.950. The molecule has 1 aromatic rings. The van der Waals surface area contributed by atoms with Crippen molar-refractivity contribution in [3.8, 4) is 6.07 Å². The minimum absolute atomic E-state index is 0.160. The van der Waals surface area contributed by atoms with Gasteiger partial charge < -0.3 is 11.5 Å². The van der Waals surface area contributed by atoms with Gasteiger partial charge in [0.05, 0.1) is 21.5 Å². The van der Waals surface area contributed by atoms with Crippen LogP contribution in [-0.4, -0.2) is 11.7 Å². The van der Waals surface area contributed by atoms with Crippen molar-refractivity contribution in [1.82, 2.24) is 0 Å². The molecule has 1 amide bonds. The molecule has 1 unspecified atom stereocenters. The largest absolute Gasteiger partial charge is 0.390 e. The van der Waals surface area contributed by atoms with Crippen LogP contribution in [0.2, 0.25) is 0 Å². The van der Waals surface area contributed by atoms with Gasteiger partial charge in [0.25, 0.3) is 5.91 Å². The molecular weight excluding hydrogens is 298 g/mol.